The minimum Gasteiger partial charge on any atom is -0.311 e. The van der Waals surface area contributed by atoms with E-state index >= 15 is 0 Å². The van der Waals surface area contributed by atoms with Crippen LogP contribution in [0.25, 0.3) is 0 Å². The standard InChI is InChI=1S/C17H28BrN3/c1-14-5-6-15(16(18)11-14)12-19-13-17(2,3)21-9-7-20(4)8-10-21/h5-6,11,19H,7-10,12-13H2,1-4H3. The normalized spacial score (nSPS) is 18.1. The van der Waals surface area contributed by atoms with Gasteiger partial charge in [0.05, 0.1) is 0 Å². The van der Waals surface area contributed by atoms with Crippen LogP contribution in [0.3, 0.4) is 0 Å². The molecular weight excluding hydrogens is 326 g/mol. The summed E-state index contributed by atoms with van der Waals surface area (Å²) >= 11 is 3.66. The highest BCUT2D eigenvalue weighted by Gasteiger charge is 2.28. The molecule has 1 N–H and O–H groups in total. The Kier molecular flexibility index (Phi) is 5.83. The second kappa shape index (κ2) is 7.23. The summed E-state index contributed by atoms with van der Waals surface area (Å²) in [5.74, 6) is 0. The van der Waals surface area contributed by atoms with Crippen molar-refractivity contribution >= 4 is 15.9 Å². The largest absolute Gasteiger partial charge is 0.311 e. The van der Waals surface area contributed by atoms with E-state index in [2.05, 4.69) is 77.1 Å². The van der Waals surface area contributed by atoms with Crippen LogP contribution in [0.2, 0.25) is 0 Å². The molecule has 1 aromatic rings. The molecule has 0 spiro atoms. The van der Waals surface area contributed by atoms with Gasteiger partial charge in [-0.15, -0.1) is 0 Å². The highest BCUT2D eigenvalue weighted by Crippen LogP contribution is 2.19. The zero-order valence-corrected chi connectivity index (χ0v) is 15.3. The van der Waals surface area contributed by atoms with Crippen LogP contribution < -0.4 is 5.32 Å². The third-order valence-electron chi connectivity index (χ3n) is 4.44. The van der Waals surface area contributed by atoms with E-state index < -0.39 is 0 Å². The molecule has 1 heterocycles. The Morgan fingerprint density at radius 2 is 1.86 bits per heavy atom. The number of halogens is 1. The molecule has 1 fully saturated rings. The molecule has 118 valence electrons. The Morgan fingerprint density at radius 3 is 2.48 bits per heavy atom. The maximum absolute atomic E-state index is 3.66. The molecule has 1 aliphatic rings. The average Bonchev–Trinajstić information content (AvgIpc) is 2.41. The molecule has 4 heteroatoms. The van der Waals surface area contributed by atoms with Crippen LogP contribution >= 0.6 is 15.9 Å². The van der Waals surface area contributed by atoms with E-state index in [4.69, 9.17) is 0 Å². The minimum absolute atomic E-state index is 0.207. The average molecular weight is 354 g/mol. The fraction of sp³-hybridized carbons (Fsp3) is 0.647. The molecule has 2 rings (SSSR count). The second-order valence-corrected chi connectivity index (χ2v) is 7.66. The molecule has 3 nitrogen and oxygen atoms in total. The van der Waals surface area contributed by atoms with Crippen LogP contribution in [0.4, 0.5) is 0 Å². The third-order valence-corrected chi connectivity index (χ3v) is 5.18. The van der Waals surface area contributed by atoms with Gasteiger partial charge in [-0.3, -0.25) is 4.90 Å². The number of aryl methyl sites for hydroxylation is 1. The summed E-state index contributed by atoms with van der Waals surface area (Å²) in [5, 5.41) is 3.63. The number of likely N-dealkylation sites (N-methyl/N-ethyl adjacent to an activating group) is 1. The third kappa shape index (κ3) is 4.78. The van der Waals surface area contributed by atoms with Gasteiger partial charge in [-0.1, -0.05) is 28.1 Å². The van der Waals surface area contributed by atoms with Gasteiger partial charge >= 0.3 is 0 Å². The summed E-state index contributed by atoms with van der Waals surface area (Å²) < 4.78 is 1.20. The van der Waals surface area contributed by atoms with Gasteiger partial charge in [0.15, 0.2) is 0 Å². The maximum atomic E-state index is 3.66. The van der Waals surface area contributed by atoms with Crippen LogP contribution in [-0.2, 0) is 6.54 Å². The van der Waals surface area contributed by atoms with Crippen molar-refractivity contribution in [3.8, 4) is 0 Å². The van der Waals surface area contributed by atoms with Crippen molar-refractivity contribution in [2.75, 3.05) is 39.8 Å². The molecule has 1 saturated heterocycles. The fourth-order valence-electron chi connectivity index (χ4n) is 2.82. The van der Waals surface area contributed by atoms with E-state index in [-0.39, 0.29) is 5.54 Å². The highest BCUT2D eigenvalue weighted by atomic mass is 79.9. The molecule has 0 saturated carbocycles. The molecule has 0 bridgehead atoms. The molecule has 0 unspecified atom stereocenters. The first-order valence-electron chi connectivity index (χ1n) is 7.78. The summed E-state index contributed by atoms with van der Waals surface area (Å²) in [4.78, 5) is 5.01. The van der Waals surface area contributed by atoms with Gasteiger partial charge in [0.25, 0.3) is 0 Å². The Morgan fingerprint density at radius 1 is 1.19 bits per heavy atom. The SMILES string of the molecule is Cc1ccc(CNCC(C)(C)N2CCN(C)CC2)c(Br)c1. The van der Waals surface area contributed by atoms with E-state index in [1.165, 1.54) is 41.8 Å². The van der Waals surface area contributed by atoms with Gasteiger partial charge in [0.2, 0.25) is 0 Å². The smallest absolute Gasteiger partial charge is 0.0278 e. The number of hydrogen-bond donors (Lipinski definition) is 1. The van der Waals surface area contributed by atoms with Crippen LogP contribution in [0.15, 0.2) is 22.7 Å². The van der Waals surface area contributed by atoms with E-state index in [0.717, 1.165) is 13.1 Å². The molecule has 0 aromatic heterocycles. The highest BCUT2D eigenvalue weighted by molar-refractivity contribution is 9.10. The lowest BCUT2D eigenvalue weighted by atomic mass is 10.0. The van der Waals surface area contributed by atoms with Crippen molar-refractivity contribution in [3.05, 3.63) is 33.8 Å². The summed E-state index contributed by atoms with van der Waals surface area (Å²) in [7, 11) is 2.21. The second-order valence-electron chi connectivity index (χ2n) is 6.80. The minimum atomic E-state index is 0.207. The zero-order valence-electron chi connectivity index (χ0n) is 13.7. The Labute approximate surface area is 137 Å². The van der Waals surface area contributed by atoms with E-state index in [9.17, 15) is 0 Å². The van der Waals surface area contributed by atoms with Crippen molar-refractivity contribution in [1.82, 2.24) is 15.1 Å². The summed E-state index contributed by atoms with van der Waals surface area (Å²) in [6, 6.07) is 6.56. The van der Waals surface area contributed by atoms with Gasteiger partial charge < -0.3 is 10.2 Å². The predicted molar refractivity (Wildman–Crippen MR) is 93.7 cm³/mol. The van der Waals surface area contributed by atoms with Gasteiger partial charge in [-0.25, -0.2) is 0 Å². The van der Waals surface area contributed by atoms with E-state index in [0.29, 0.717) is 0 Å². The number of hydrogen-bond acceptors (Lipinski definition) is 3. The number of nitrogens with one attached hydrogen (secondary N) is 1. The van der Waals surface area contributed by atoms with Gasteiger partial charge in [0, 0.05) is 49.3 Å². The maximum Gasteiger partial charge on any atom is 0.0278 e. The monoisotopic (exact) mass is 353 g/mol. The molecule has 0 radical (unpaired) electrons. The summed E-state index contributed by atoms with van der Waals surface area (Å²) in [6.07, 6.45) is 0. The topological polar surface area (TPSA) is 18.5 Å². The van der Waals surface area contributed by atoms with Crippen molar-refractivity contribution < 1.29 is 0 Å². The van der Waals surface area contributed by atoms with Gasteiger partial charge in [-0.05, 0) is 45.0 Å². The fourth-order valence-corrected chi connectivity index (χ4v) is 3.46. The van der Waals surface area contributed by atoms with Crippen LogP contribution in [0, 0.1) is 6.92 Å². The molecule has 1 aromatic carbocycles. The Hall–Kier alpha value is -0.420. The first-order chi connectivity index (χ1) is 9.88. The lowest BCUT2D eigenvalue weighted by molar-refractivity contribution is 0.0618. The number of nitrogens with zero attached hydrogens (tertiary/aromatic N) is 2. The zero-order chi connectivity index (χ0) is 15.5. The number of rotatable bonds is 5. The first-order valence-corrected chi connectivity index (χ1v) is 8.57. The Balaban J connectivity index is 1.84. The molecule has 1 aliphatic heterocycles. The Bertz CT molecular complexity index is 465. The predicted octanol–water partition coefficient (Wildman–Crippen LogP) is 2.87. The van der Waals surface area contributed by atoms with Gasteiger partial charge in [-0.2, -0.15) is 0 Å². The molecule has 0 amide bonds. The number of piperazine rings is 1. The molecule has 0 atom stereocenters. The van der Waals surface area contributed by atoms with Crippen molar-refractivity contribution in [2.24, 2.45) is 0 Å². The van der Waals surface area contributed by atoms with Crippen molar-refractivity contribution in [2.45, 2.75) is 32.9 Å². The first kappa shape index (κ1) is 16.9. The van der Waals surface area contributed by atoms with Crippen molar-refractivity contribution in [1.29, 1.82) is 0 Å². The lowest BCUT2D eigenvalue weighted by Crippen LogP contribution is -2.57. The number of benzene rings is 1. The molecule has 0 aliphatic carbocycles. The van der Waals surface area contributed by atoms with Crippen LogP contribution in [0.5, 0.6) is 0 Å². The molecular formula is C17H28BrN3. The quantitative estimate of drug-likeness (QED) is 0.877. The lowest BCUT2D eigenvalue weighted by Gasteiger charge is -2.43. The van der Waals surface area contributed by atoms with E-state index in [1.807, 2.05) is 0 Å². The molecule has 21 heavy (non-hydrogen) atoms. The van der Waals surface area contributed by atoms with Gasteiger partial charge in [0.1, 0.15) is 0 Å². The summed E-state index contributed by atoms with van der Waals surface area (Å²) in [5.41, 5.74) is 2.83. The van der Waals surface area contributed by atoms with Crippen LogP contribution in [-0.4, -0.2) is 55.1 Å². The van der Waals surface area contributed by atoms with E-state index in [1.54, 1.807) is 0 Å². The van der Waals surface area contributed by atoms with Crippen LogP contribution in [0.1, 0.15) is 25.0 Å². The van der Waals surface area contributed by atoms with Crippen molar-refractivity contribution in [3.63, 3.8) is 0 Å². The summed E-state index contributed by atoms with van der Waals surface area (Å²) in [6.45, 7) is 13.4.